The van der Waals surface area contributed by atoms with Gasteiger partial charge in [0.1, 0.15) is 0 Å². The Balaban J connectivity index is 2.09. The number of urea groups is 1. The van der Waals surface area contributed by atoms with Crippen LogP contribution in [0.4, 0.5) is 42.5 Å². The Kier molecular flexibility index (Phi) is 7.76. The van der Waals surface area contributed by atoms with Crippen LogP contribution in [-0.4, -0.2) is 33.9 Å². The molecule has 0 aliphatic carbocycles. The second-order valence-electron chi connectivity index (χ2n) is 5.84. The summed E-state index contributed by atoms with van der Waals surface area (Å²) in [5.74, 6) is -1.75. The number of hydrogen-bond acceptors (Lipinski definition) is 7. The number of amides is 2. The molecule has 0 aliphatic rings. The van der Waals surface area contributed by atoms with Crippen LogP contribution in [0, 0.1) is 0 Å². The summed E-state index contributed by atoms with van der Waals surface area (Å²) < 4.78 is 126. The van der Waals surface area contributed by atoms with Gasteiger partial charge in [-0.1, -0.05) is 23.2 Å². The molecule has 2 N–H and O–H groups in total. The summed E-state index contributed by atoms with van der Waals surface area (Å²) in [6.45, 7) is 0. The third-order valence-corrected chi connectivity index (χ3v) is 5.87. The van der Waals surface area contributed by atoms with Crippen molar-refractivity contribution in [2.45, 2.75) is 11.0 Å². The Labute approximate surface area is 196 Å². The number of carbonyl (C=O) groups is 1. The number of halogens is 8. The van der Waals surface area contributed by atoms with Gasteiger partial charge < -0.3 is 19.0 Å². The molecule has 2 aromatic carbocycles. The molecule has 0 spiro atoms. The van der Waals surface area contributed by atoms with E-state index in [0.29, 0.717) is 0 Å². The number of nitrogens with one attached hydrogen (secondary N) is 2. The molecular weight excluding hydrogens is 569 g/mol. The molecule has 0 saturated carbocycles. The molecule has 0 atom stereocenters. The Morgan fingerprint density at radius 3 is 1.29 bits per heavy atom. The quantitative estimate of drug-likeness (QED) is 0.278. The average Bonchev–Trinajstić information content (AvgIpc) is 2.64. The predicted molar refractivity (Wildman–Crippen MR) is 107 cm³/mol. The largest absolute Gasteiger partial charge is 0.534 e. The smallest absolute Gasteiger partial charge is 0.374 e. The van der Waals surface area contributed by atoms with Gasteiger partial charge in [0.15, 0.2) is 11.5 Å². The van der Waals surface area contributed by atoms with Crippen molar-refractivity contribution in [2.24, 2.45) is 0 Å². The molecule has 34 heavy (non-hydrogen) atoms. The predicted octanol–water partition coefficient (Wildman–Crippen LogP) is 5.09. The lowest BCUT2D eigenvalue weighted by Gasteiger charge is -2.13. The van der Waals surface area contributed by atoms with Crippen LogP contribution in [0.1, 0.15) is 0 Å². The van der Waals surface area contributed by atoms with Gasteiger partial charge in [0.2, 0.25) is 0 Å². The molecule has 9 nitrogen and oxygen atoms in total. The molecule has 0 bridgehead atoms. The molecule has 0 unspecified atom stereocenters. The van der Waals surface area contributed by atoms with Gasteiger partial charge >= 0.3 is 37.3 Å². The van der Waals surface area contributed by atoms with E-state index < -0.39 is 58.8 Å². The summed E-state index contributed by atoms with van der Waals surface area (Å²) in [5.41, 5.74) is -11.7. The van der Waals surface area contributed by atoms with E-state index in [4.69, 9.17) is 23.2 Å². The van der Waals surface area contributed by atoms with Gasteiger partial charge in [-0.3, -0.25) is 0 Å². The fraction of sp³-hybridized carbons (Fsp3) is 0.133. The van der Waals surface area contributed by atoms with Crippen LogP contribution in [0.3, 0.4) is 0 Å². The van der Waals surface area contributed by atoms with Crippen LogP contribution >= 0.6 is 23.2 Å². The lowest BCUT2D eigenvalue weighted by atomic mass is 10.3. The van der Waals surface area contributed by atoms with E-state index in [0.717, 1.165) is 36.4 Å². The lowest BCUT2D eigenvalue weighted by Crippen LogP contribution is -2.28. The van der Waals surface area contributed by atoms with E-state index in [2.05, 4.69) is 19.0 Å². The van der Waals surface area contributed by atoms with Gasteiger partial charge in [-0.15, -0.1) is 0 Å². The zero-order valence-corrected chi connectivity index (χ0v) is 18.8. The van der Waals surface area contributed by atoms with Gasteiger partial charge in [0.05, 0.1) is 10.0 Å². The first-order chi connectivity index (χ1) is 15.3. The minimum Gasteiger partial charge on any atom is -0.374 e. The third-order valence-electron chi connectivity index (χ3n) is 3.35. The van der Waals surface area contributed by atoms with Gasteiger partial charge in [0, 0.05) is 11.4 Å². The molecule has 188 valence electrons. The zero-order valence-electron chi connectivity index (χ0n) is 15.7. The Morgan fingerprint density at radius 2 is 1.03 bits per heavy atom. The van der Waals surface area contributed by atoms with Crippen molar-refractivity contribution in [1.82, 2.24) is 0 Å². The molecule has 0 heterocycles. The maximum absolute atomic E-state index is 12.4. The number of benzene rings is 2. The summed E-state index contributed by atoms with van der Waals surface area (Å²) in [4.78, 5) is 12.0. The molecule has 0 radical (unpaired) electrons. The van der Waals surface area contributed by atoms with Crippen LogP contribution in [0.15, 0.2) is 36.4 Å². The highest BCUT2D eigenvalue weighted by Gasteiger charge is 2.49. The normalized spacial score (nSPS) is 12.7. The van der Waals surface area contributed by atoms with Crippen molar-refractivity contribution in [2.75, 3.05) is 10.6 Å². The highest BCUT2D eigenvalue weighted by atomic mass is 35.5. The highest BCUT2D eigenvalue weighted by molar-refractivity contribution is 7.88. The number of hydrogen-bond donors (Lipinski definition) is 2. The Hall–Kier alpha value is -2.63. The van der Waals surface area contributed by atoms with E-state index in [1.54, 1.807) is 0 Å². The first-order valence-electron chi connectivity index (χ1n) is 8.01. The number of anilines is 2. The molecule has 2 aromatic rings. The molecule has 19 heteroatoms. The van der Waals surface area contributed by atoms with E-state index in [9.17, 15) is 48.0 Å². The summed E-state index contributed by atoms with van der Waals surface area (Å²) in [7, 11) is -12.0. The topological polar surface area (TPSA) is 128 Å². The first-order valence-corrected chi connectivity index (χ1v) is 11.6. The summed E-state index contributed by atoms with van der Waals surface area (Å²) in [6.07, 6.45) is 0. The number of carbonyl (C=O) groups excluding carboxylic acids is 1. The average molecular weight is 577 g/mol. The van der Waals surface area contributed by atoms with Crippen molar-refractivity contribution in [1.29, 1.82) is 0 Å². The summed E-state index contributed by atoms with van der Waals surface area (Å²) in [6, 6.07) is 4.04. The van der Waals surface area contributed by atoms with Gasteiger partial charge in [0.25, 0.3) is 0 Å². The van der Waals surface area contributed by atoms with Gasteiger partial charge in [-0.25, -0.2) is 4.79 Å². The Bertz CT molecular complexity index is 1220. The Morgan fingerprint density at radius 1 is 0.706 bits per heavy atom. The molecule has 0 fully saturated rings. The van der Waals surface area contributed by atoms with Crippen molar-refractivity contribution in [3.8, 4) is 11.5 Å². The van der Waals surface area contributed by atoms with Gasteiger partial charge in [-0.2, -0.15) is 43.2 Å². The van der Waals surface area contributed by atoms with Crippen molar-refractivity contribution >= 4 is 60.8 Å². The van der Waals surface area contributed by atoms with Crippen molar-refractivity contribution in [3.63, 3.8) is 0 Å². The maximum Gasteiger partial charge on any atom is 0.534 e. The SMILES string of the molecule is O=C(Nc1ccc(OS(=O)(=O)C(F)(F)F)c(Cl)c1)Nc1ccc(OS(=O)(=O)C(F)(F)F)c(Cl)c1. The third kappa shape index (κ3) is 6.71. The standard InChI is InChI=1S/C15H8Cl2F6N2O7S2/c16-9-5-7(1-3-11(9)31-33(27,28)14(18,19)20)24-13(26)25-8-2-4-12(10(17)6-8)32-34(29,30)15(21,22)23/h1-6H,(H2,24,25,26). The van der Waals surface area contributed by atoms with Crippen LogP contribution in [0.2, 0.25) is 10.0 Å². The van der Waals surface area contributed by atoms with E-state index in [1.165, 1.54) is 0 Å². The molecule has 2 amide bonds. The van der Waals surface area contributed by atoms with Crippen molar-refractivity contribution in [3.05, 3.63) is 46.4 Å². The van der Waals surface area contributed by atoms with Crippen LogP contribution in [0.25, 0.3) is 0 Å². The minimum atomic E-state index is -5.98. The second kappa shape index (κ2) is 9.55. The maximum atomic E-state index is 12.4. The molecule has 2 rings (SSSR count). The molecule has 0 aromatic heterocycles. The highest BCUT2D eigenvalue weighted by Crippen LogP contribution is 2.34. The summed E-state index contributed by atoms with van der Waals surface area (Å²) >= 11 is 11.3. The minimum absolute atomic E-state index is 0.137. The fourth-order valence-corrected chi connectivity index (χ4v) is 3.40. The number of alkyl halides is 6. The molecular formula is C15H8Cl2F6N2O7S2. The lowest BCUT2D eigenvalue weighted by molar-refractivity contribution is -0.0504. The first kappa shape index (κ1) is 27.6. The summed E-state index contributed by atoms with van der Waals surface area (Å²) in [5, 5.41) is 3.11. The fourth-order valence-electron chi connectivity index (χ4n) is 1.92. The van der Waals surface area contributed by atoms with Crippen LogP contribution in [-0.2, 0) is 20.2 Å². The van der Waals surface area contributed by atoms with Crippen LogP contribution < -0.4 is 19.0 Å². The monoisotopic (exact) mass is 576 g/mol. The van der Waals surface area contributed by atoms with E-state index in [1.807, 2.05) is 0 Å². The zero-order chi connectivity index (χ0) is 26.1. The molecule has 0 aliphatic heterocycles. The van der Waals surface area contributed by atoms with E-state index in [-0.39, 0.29) is 11.4 Å². The molecule has 0 saturated heterocycles. The van der Waals surface area contributed by atoms with Gasteiger partial charge in [-0.05, 0) is 36.4 Å². The van der Waals surface area contributed by atoms with Crippen molar-refractivity contribution < 1.29 is 56.3 Å². The van der Waals surface area contributed by atoms with Crippen LogP contribution in [0.5, 0.6) is 11.5 Å². The number of rotatable bonds is 6. The second-order valence-corrected chi connectivity index (χ2v) is 9.73. The van der Waals surface area contributed by atoms with E-state index >= 15 is 0 Å².